The zero-order valence-corrected chi connectivity index (χ0v) is 7.88. The maximum absolute atomic E-state index is 9.35. The van der Waals surface area contributed by atoms with E-state index in [9.17, 15) is 5.11 Å². The van der Waals surface area contributed by atoms with Crippen molar-refractivity contribution in [3.05, 3.63) is 29.3 Å². The Balaban J connectivity index is 2.29. The quantitative estimate of drug-likeness (QED) is 0.726. The molecule has 0 aromatic heterocycles. The van der Waals surface area contributed by atoms with Gasteiger partial charge in [0.05, 0.1) is 0 Å². The molecule has 1 atom stereocenters. The van der Waals surface area contributed by atoms with E-state index in [-0.39, 0.29) is 0 Å². The van der Waals surface area contributed by atoms with E-state index >= 15 is 0 Å². The van der Waals surface area contributed by atoms with Gasteiger partial charge in [-0.3, -0.25) is 0 Å². The van der Waals surface area contributed by atoms with Crippen molar-refractivity contribution in [2.45, 2.75) is 32.4 Å². The molecule has 1 aromatic carbocycles. The molecule has 0 saturated carbocycles. The van der Waals surface area contributed by atoms with E-state index in [0.717, 1.165) is 13.0 Å². The topological polar surface area (TPSA) is 32.3 Å². The van der Waals surface area contributed by atoms with Gasteiger partial charge in [-0.05, 0) is 29.7 Å². The molecule has 1 aliphatic rings. The third-order valence-corrected chi connectivity index (χ3v) is 2.62. The van der Waals surface area contributed by atoms with E-state index in [1.54, 1.807) is 6.07 Å². The second kappa shape index (κ2) is 3.38. The van der Waals surface area contributed by atoms with Crippen LogP contribution in [0.4, 0.5) is 0 Å². The fraction of sp³-hybridized carbons (Fsp3) is 0.455. The molecule has 2 heteroatoms. The molecule has 0 radical (unpaired) electrons. The van der Waals surface area contributed by atoms with Crippen molar-refractivity contribution in [1.82, 2.24) is 5.32 Å². The van der Waals surface area contributed by atoms with Gasteiger partial charge in [0.2, 0.25) is 0 Å². The highest BCUT2D eigenvalue weighted by Gasteiger charge is 2.20. The Morgan fingerprint density at radius 2 is 2.38 bits per heavy atom. The van der Waals surface area contributed by atoms with Crippen molar-refractivity contribution in [3.8, 4) is 5.75 Å². The van der Waals surface area contributed by atoms with Crippen LogP contribution >= 0.6 is 0 Å². The number of nitrogens with one attached hydrogen (secondary N) is 1. The molecular formula is C11H15NO. The molecule has 0 aliphatic carbocycles. The minimum atomic E-state index is 0.378. The molecule has 1 heterocycles. The van der Waals surface area contributed by atoms with Crippen LogP contribution in [0.25, 0.3) is 0 Å². The third kappa shape index (κ3) is 1.54. The van der Waals surface area contributed by atoms with Crippen LogP contribution in [0.5, 0.6) is 5.75 Å². The summed E-state index contributed by atoms with van der Waals surface area (Å²) in [5, 5.41) is 12.8. The second-order valence-corrected chi connectivity index (χ2v) is 3.61. The van der Waals surface area contributed by atoms with E-state index < -0.39 is 0 Å². The van der Waals surface area contributed by atoms with Crippen LogP contribution in [-0.4, -0.2) is 5.11 Å². The average molecular weight is 177 g/mol. The largest absolute Gasteiger partial charge is 0.508 e. The molecule has 0 spiro atoms. The lowest BCUT2D eigenvalue weighted by molar-refractivity contribution is 0.472. The molecule has 1 aliphatic heterocycles. The lowest BCUT2D eigenvalue weighted by Crippen LogP contribution is -2.11. The molecule has 1 aromatic rings. The lowest BCUT2D eigenvalue weighted by Gasteiger charge is -2.10. The molecule has 1 unspecified atom stereocenters. The highest BCUT2D eigenvalue weighted by molar-refractivity contribution is 5.39. The summed E-state index contributed by atoms with van der Waals surface area (Å²) in [5.41, 5.74) is 2.61. The highest BCUT2D eigenvalue weighted by atomic mass is 16.3. The summed E-state index contributed by atoms with van der Waals surface area (Å²) in [6.07, 6.45) is 2.32. The van der Waals surface area contributed by atoms with Crippen LogP contribution in [0.1, 0.15) is 36.9 Å². The molecule has 0 fully saturated rings. The van der Waals surface area contributed by atoms with Crippen LogP contribution in [0.2, 0.25) is 0 Å². The molecule has 0 bridgehead atoms. The fourth-order valence-corrected chi connectivity index (χ4v) is 1.96. The number of phenols is 1. The molecule has 2 nitrogen and oxygen atoms in total. The van der Waals surface area contributed by atoms with Gasteiger partial charge >= 0.3 is 0 Å². The lowest BCUT2D eigenvalue weighted by atomic mass is 10.0. The molecule has 70 valence electrons. The van der Waals surface area contributed by atoms with E-state index in [0.29, 0.717) is 11.8 Å². The summed E-state index contributed by atoms with van der Waals surface area (Å²) in [6.45, 7) is 3.13. The summed E-state index contributed by atoms with van der Waals surface area (Å²) < 4.78 is 0. The Morgan fingerprint density at radius 3 is 3.15 bits per heavy atom. The summed E-state index contributed by atoms with van der Waals surface area (Å²) in [5.74, 6) is 0.378. The van der Waals surface area contributed by atoms with E-state index in [1.807, 2.05) is 12.1 Å². The SMILES string of the molecule is CCCC1NCc2ccc(O)cc21. The first-order valence-corrected chi connectivity index (χ1v) is 4.86. The number of aromatic hydroxyl groups is 1. The maximum atomic E-state index is 9.35. The molecule has 0 amide bonds. The van der Waals surface area contributed by atoms with Crippen LogP contribution in [0, 0.1) is 0 Å². The number of hydrogen-bond donors (Lipinski definition) is 2. The summed E-state index contributed by atoms with van der Waals surface area (Å²) in [6, 6.07) is 6.10. The van der Waals surface area contributed by atoms with Gasteiger partial charge < -0.3 is 10.4 Å². The van der Waals surface area contributed by atoms with Gasteiger partial charge in [0.1, 0.15) is 5.75 Å². The molecular weight excluding hydrogens is 162 g/mol. The monoisotopic (exact) mass is 177 g/mol. The molecule has 2 rings (SSSR count). The average Bonchev–Trinajstić information content (AvgIpc) is 2.49. The predicted octanol–water partition coefficient (Wildman–Crippen LogP) is 2.34. The standard InChI is InChI=1S/C11H15NO/c1-2-3-11-10-6-9(13)5-4-8(10)7-12-11/h4-6,11-13H,2-3,7H2,1H3. The van der Waals surface area contributed by atoms with Gasteiger partial charge in [0.25, 0.3) is 0 Å². The Morgan fingerprint density at radius 1 is 1.54 bits per heavy atom. The Hall–Kier alpha value is -1.02. The smallest absolute Gasteiger partial charge is 0.115 e. The minimum absolute atomic E-state index is 0.378. The Labute approximate surface area is 78.6 Å². The van der Waals surface area contributed by atoms with Crippen molar-refractivity contribution in [3.63, 3.8) is 0 Å². The van der Waals surface area contributed by atoms with Gasteiger partial charge in [-0.15, -0.1) is 0 Å². The third-order valence-electron chi connectivity index (χ3n) is 2.62. The number of benzene rings is 1. The van der Waals surface area contributed by atoms with Crippen molar-refractivity contribution in [2.24, 2.45) is 0 Å². The molecule has 2 N–H and O–H groups in total. The Bertz CT molecular complexity index is 307. The van der Waals surface area contributed by atoms with Gasteiger partial charge in [0, 0.05) is 12.6 Å². The first-order valence-electron chi connectivity index (χ1n) is 4.86. The first kappa shape index (κ1) is 8.57. The van der Waals surface area contributed by atoms with Crippen LogP contribution in [-0.2, 0) is 6.54 Å². The molecule has 13 heavy (non-hydrogen) atoms. The predicted molar refractivity (Wildman–Crippen MR) is 52.6 cm³/mol. The number of phenolic OH excluding ortho intramolecular Hbond substituents is 1. The summed E-state index contributed by atoms with van der Waals surface area (Å²) >= 11 is 0. The van der Waals surface area contributed by atoms with Crippen molar-refractivity contribution in [1.29, 1.82) is 0 Å². The van der Waals surface area contributed by atoms with Gasteiger partial charge in [-0.25, -0.2) is 0 Å². The van der Waals surface area contributed by atoms with E-state index in [2.05, 4.69) is 12.2 Å². The fourth-order valence-electron chi connectivity index (χ4n) is 1.96. The summed E-state index contributed by atoms with van der Waals surface area (Å²) in [4.78, 5) is 0. The van der Waals surface area contributed by atoms with E-state index in [1.165, 1.54) is 17.5 Å². The van der Waals surface area contributed by atoms with Gasteiger partial charge in [-0.1, -0.05) is 19.4 Å². The molecule has 0 saturated heterocycles. The highest BCUT2D eigenvalue weighted by Crippen LogP contribution is 2.30. The minimum Gasteiger partial charge on any atom is -0.508 e. The van der Waals surface area contributed by atoms with Crippen LogP contribution in [0.3, 0.4) is 0 Å². The van der Waals surface area contributed by atoms with Crippen molar-refractivity contribution < 1.29 is 5.11 Å². The number of hydrogen-bond acceptors (Lipinski definition) is 2. The first-order chi connectivity index (χ1) is 6.31. The van der Waals surface area contributed by atoms with Crippen molar-refractivity contribution >= 4 is 0 Å². The van der Waals surface area contributed by atoms with Crippen molar-refractivity contribution in [2.75, 3.05) is 0 Å². The second-order valence-electron chi connectivity index (χ2n) is 3.61. The van der Waals surface area contributed by atoms with Gasteiger partial charge in [-0.2, -0.15) is 0 Å². The summed E-state index contributed by atoms with van der Waals surface area (Å²) in [7, 11) is 0. The number of fused-ring (bicyclic) bond motifs is 1. The van der Waals surface area contributed by atoms with Crippen LogP contribution in [0.15, 0.2) is 18.2 Å². The maximum Gasteiger partial charge on any atom is 0.115 e. The van der Waals surface area contributed by atoms with Gasteiger partial charge in [0.15, 0.2) is 0 Å². The zero-order valence-electron chi connectivity index (χ0n) is 7.88. The van der Waals surface area contributed by atoms with E-state index in [4.69, 9.17) is 0 Å². The van der Waals surface area contributed by atoms with Crippen LogP contribution < -0.4 is 5.32 Å². The normalized spacial score (nSPS) is 20.2. The zero-order chi connectivity index (χ0) is 9.26. The Kier molecular flexibility index (Phi) is 2.23. The number of rotatable bonds is 2.